The lowest BCUT2D eigenvalue weighted by Crippen LogP contribution is -2.19. The molecule has 2 aromatic rings. The molecule has 0 unspecified atom stereocenters. The van der Waals surface area contributed by atoms with Gasteiger partial charge in [-0.25, -0.2) is 9.78 Å². The number of rotatable bonds is 2. The molecular weight excluding hydrogens is 234 g/mol. The van der Waals surface area contributed by atoms with Gasteiger partial charge in [-0.2, -0.15) is 0 Å². The van der Waals surface area contributed by atoms with Crippen LogP contribution in [0.5, 0.6) is 0 Å². The largest absolute Gasteiger partial charge is 0.325 e. The minimum absolute atomic E-state index is 0.270. The monoisotopic (exact) mass is 247 g/mol. The van der Waals surface area contributed by atoms with E-state index in [1.807, 2.05) is 37.4 Å². The van der Waals surface area contributed by atoms with Crippen molar-refractivity contribution in [1.29, 1.82) is 0 Å². The molecule has 1 aromatic heterocycles. The maximum Gasteiger partial charge on any atom is 0.325 e. The molecule has 5 heteroatoms. The number of nitrogens with zero attached hydrogens (tertiary/aromatic N) is 1. The van der Waals surface area contributed by atoms with Crippen molar-refractivity contribution in [1.82, 2.24) is 4.98 Å². The lowest BCUT2D eigenvalue weighted by Gasteiger charge is -2.10. The van der Waals surface area contributed by atoms with Crippen molar-refractivity contribution in [2.45, 2.75) is 13.8 Å². The fraction of sp³-hybridized carbons (Fsp3) is 0.167. The maximum absolute atomic E-state index is 11.7. The molecule has 4 nitrogen and oxygen atoms in total. The zero-order valence-corrected chi connectivity index (χ0v) is 10.5. The van der Waals surface area contributed by atoms with E-state index in [9.17, 15) is 4.79 Å². The molecule has 0 atom stereocenters. The second kappa shape index (κ2) is 4.97. The summed E-state index contributed by atoms with van der Waals surface area (Å²) in [6.45, 7) is 3.99. The molecule has 1 aromatic carbocycles. The highest BCUT2D eigenvalue weighted by molar-refractivity contribution is 7.13. The van der Waals surface area contributed by atoms with Crippen LogP contribution in [0.1, 0.15) is 11.1 Å². The first-order chi connectivity index (χ1) is 8.16. The molecule has 0 saturated carbocycles. The summed E-state index contributed by atoms with van der Waals surface area (Å²) in [5.41, 5.74) is 3.04. The molecule has 0 aliphatic carbocycles. The number of amides is 2. The number of urea groups is 1. The van der Waals surface area contributed by atoms with E-state index in [0.29, 0.717) is 5.13 Å². The normalized spacial score (nSPS) is 10.0. The highest BCUT2D eigenvalue weighted by atomic mass is 32.1. The van der Waals surface area contributed by atoms with Crippen molar-refractivity contribution in [3.63, 3.8) is 0 Å². The van der Waals surface area contributed by atoms with E-state index in [0.717, 1.165) is 16.8 Å². The lowest BCUT2D eigenvalue weighted by atomic mass is 10.1. The fourth-order valence-corrected chi connectivity index (χ4v) is 1.95. The van der Waals surface area contributed by atoms with Gasteiger partial charge >= 0.3 is 6.03 Å². The van der Waals surface area contributed by atoms with Crippen LogP contribution in [-0.2, 0) is 0 Å². The molecule has 2 N–H and O–H groups in total. The summed E-state index contributed by atoms with van der Waals surface area (Å²) in [6, 6.07) is 5.54. The zero-order valence-electron chi connectivity index (χ0n) is 9.65. The molecule has 0 aliphatic heterocycles. The van der Waals surface area contributed by atoms with Crippen LogP contribution < -0.4 is 10.6 Å². The Morgan fingerprint density at radius 2 is 2.12 bits per heavy atom. The highest BCUT2D eigenvalue weighted by Crippen LogP contribution is 2.18. The van der Waals surface area contributed by atoms with Crippen LogP contribution in [0.3, 0.4) is 0 Å². The predicted molar refractivity (Wildman–Crippen MR) is 70.7 cm³/mol. The van der Waals surface area contributed by atoms with Gasteiger partial charge in [0.2, 0.25) is 0 Å². The zero-order chi connectivity index (χ0) is 12.3. The van der Waals surface area contributed by atoms with Crippen LogP contribution in [0.15, 0.2) is 29.8 Å². The summed E-state index contributed by atoms with van der Waals surface area (Å²) in [4.78, 5) is 15.7. The number of aromatic nitrogens is 1. The van der Waals surface area contributed by atoms with E-state index in [2.05, 4.69) is 15.6 Å². The second-order valence-corrected chi connectivity index (χ2v) is 4.56. The summed E-state index contributed by atoms with van der Waals surface area (Å²) in [7, 11) is 0. The van der Waals surface area contributed by atoms with E-state index in [1.54, 1.807) is 6.20 Å². The summed E-state index contributed by atoms with van der Waals surface area (Å²) in [6.07, 6.45) is 1.65. The van der Waals surface area contributed by atoms with E-state index >= 15 is 0 Å². The van der Waals surface area contributed by atoms with Crippen LogP contribution in [0.4, 0.5) is 15.6 Å². The molecular formula is C12H13N3OS. The Labute approximate surface area is 104 Å². The van der Waals surface area contributed by atoms with Gasteiger partial charge in [0, 0.05) is 17.3 Å². The molecule has 0 radical (unpaired) electrons. The molecule has 0 fully saturated rings. The van der Waals surface area contributed by atoms with Gasteiger partial charge in [0.1, 0.15) is 0 Å². The Balaban J connectivity index is 2.06. The third kappa shape index (κ3) is 2.82. The number of hydrogen-bond acceptors (Lipinski definition) is 3. The van der Waals surface area contributed by atoms with Gasteiger partial charge in [-0.3, -0.25) is 5.32 Å². The molecule has 2 amide bonds. The van der Waals surface area contributed by atoms with Crippen LogP contribution in [0.2, 0.25) is 0 Å². The van der Waals surface area contributed by atoms with Crippen molar-refractivity contribution in [2.75, 3.05) is 10.6 Å². The van der Waals surface area contributed by atoms with Gasteiger partial charge in [0.15, 0.2) is 5.13 Å². The van der Waals surface area contributed by atoms with Gasteiger partial charge in [-0.1, -0.05) is 12.1 Å². The Morgan fingerprint density at radius 3 is 2.82 bits per heavy atom. The molecule has 0 bridgehead atoms. The number of benzene rings is 1. The number of carbonyl (C=O) groups excluding carboxylic acids is 1. The third-order valence-electron chi connectivity index (χ3n) is 2.51. The summed E-state index contributed by atoms with van der Waals surface area (Å²) < 4.78 is 0. The van der Waals surface area contributed by atoms with Gasteiger partial charge in [0.05, 0.1) is 0 Å². The lowest BCUT2D eigenvalue weighted by molar-refractivity contribution is 0.262. The van der Waals surface area contributed by atoms with Crippen LogP contribution in [-0.4, -0.2) is 11.0 Å². The average Bonchev–Trinajstić information content (AvgIpc) is 2.77. The molecule has 17 heavy (non-hydrogen) atoms. The first-order valence-electron chi connectivity index (χ1n) is 5.20. The Hall–Kier alpha value is -1.88. The average molecular weight is 247 g/mol. The summed E-state index contributed by atoms with van der Waals surface area (Å²) in [5, 5.41) is 7.88. The Bertz CT molecular complexity index is 523. The number of aryl methyl sites for hydroxylation is 1. The SMILES string of the molecule is Cc1cccc(NC(=O)Nc2nccs2)c1C. The molecule has 88 valence electrons. The minimum atomic E-state index is -0.270. The van der Waals surface area contributed by atoms with E-state index < -0.39 is 0 Å². The van der Waals surface area contributed by atoms with Crippen molar-refractivity contribution in [3.8, 4) is 0 Å². The van der Waals surface area contributed by atoms with Crippen LogP contribution >= 0.6 is 11.3 Å². The Kier molecular flexibility index (Phi) is 3.39. The number of carbonyl (C=O) groups is 1. The first kappa shape index (κ1) is 11.6. The maximum atomic E-state index is 11.7. The van der Waals surface area contributed by atoms with E-state index in [1.165, 1.54) is 11.3 Å². The summed E-state index contributed by atoms with van der Waals surface area (Å²) >= 11 is 1.39. The van der Waals surface area contributed by atoms with E-state index in [-0.39, 0.29) is 6.03 Å². The van der Waals surface area contributed by atoms with Crippen LogP contribution in [0, 0.1) is 13.8 Å². The number of nitrogens with one attached hydrogen (secondary N) is 2. The Morgan fingerprint density at radius 1 is 1.29 bits per heavy atom. The topological polar surface area (TPSA) is 54.0 Å². The number of anilines is 2. The van der Waals surface area contributed by atoms with Crippen molar-refractivity contribution < 1.29 is 4.79 Å². The summed E-state index contributed by atoms with van der Waals surface area (Å²) in [5.74, 6) is 0. The molecule has 1 heterocycles. The standard InChI is InChI=1S/C12H13N3OS/c1-8-4-3-5-10(9(8)2)14-11(16)15-12-13-6-7-17-12/h3-7H,1-2H3,(H2,13,14,15,16). The smallest absolute Gasteiger partial charge is 0.307 e. The third-order valence-corrected chi connectivity index (χ3v) is 3.19. The van der Waals surface area contributed by atoms with Crippen molar-refractivity contribution in [3.05, 3.63) is 40.9 Å². The molecule has 2 rings (SSSR count). The second-order valence-electron chi connectivity index (χ2n) is 3.66. The van der Waals surface area contributed by atoms with Gasteiger partial charge in [0.25, 0.3) is 0 Å². The number of hydrogen-bond donors (Lipinski definition) is 2. The fourth-order valence-electron chi connectivity index (χ4n) is 1.42. The molecule has 0 spiro atoms. The highest BCUT2D eigenvalue weighted by Gasteiger charge is 2.06. The first-order valence-corrected chi connectivity index (χ1v) is 6.08. The molecule has 0 saturated heterocycles. The predicted octanol–water partition coefficient (Wildman–Crippen LogP) is 3.40. The molecule has 0 aliphatic rings. The van der Waals surface area contributed by atoms with Gasteiger partial charge in [-0.05, 0) is 31.0 Å². The van der Waals surface area contributed by atoms with Crippen molar-refractivity contribution >= 4 is 28.2 Å². The minimum Gasteiger partial charge on any atom is -0.307 e. The van der Waals surface area contributed by atoms with Gasteiger partial charge < -0.3 is 5.32 Å². The van der Waals surface area contributed by atoms with Crippen molar-refractivity contribution in [2.24, 2.45) is 0 Å². The number of thiazole rings is 1. The van der Waals surface area contributed by atoms with Crippen LogP contribution in [0.25, 0.3) is 0 Å². The van der Waals surface area contributed by atoms with E-state index in [4.69, 9.17) is 0 Å². The quantitative estimate of drug-likeness (QED) is 0.854. The van der Waals surface area contributed by atoms with Gasteiger partial charge in [-0.15, -0.1) is 11.3 Å².